The first-order valence-corrected chi connectivity index (χ1v) is 8.07. The van der Waals surface area contributed by atoms with Gasteiger partial charge in [-0.15, -0.1) is 11.3 Å². The Morgan fingerprint density at radius 2 is 1.71 bits per heavy atom. The Hall–Kier alpha value is -3.19. The molecule has 0 aliphatic rings. The van der Waals surface area contributed by atoms with E-state index >= 15 is 0 Å². The highest BCUT2D eigenvalue weighted by molar-refractivity contribution is 7.13. The number of anilines is 1. The molecule has 4 N–H and O–H groups in total. The number of nitrogens with zero attached hydrogens (tertiary/aromatic N) is 2. The van der Waals surface area contributed by atoms with Gasteiger partial charge in [0.25, 0.3) is 0 Å². The van der Waals surface area contributed by atoms with E-state index in [9.17, 15) is 4.79 Å². The van der Waals surface area contributed by atoms with Crippen LogP contribution in [0.1, 0.15) is 0 Å². The summed E-state index contributed by atoms with van der Waals surface area (Å²) in [6, 6.07) is 18.4. The van der Waals surface area contributed by atoms with E-state index in [0.717, 1.165) is 11.3 Å². The SMILES string of the molecule is N/C(=N\c1nc(-c2ccccc2)cs1)NC(=O)Nc1ccccc1. The monoisotopic (exact) mass is 337 g/mol. The largest absolute Gasteiger partial charge is 0.369 e. The third kappa shape index (κ3) is 4.17. The van der Waals surface area contributed by atoms with Gasteiger partial charge in [0.15, 0.2) is 0 Å². The van der Waals surface area contributed by atoms with Crippen LogP contribution in [0.3, 0.4) is 0 Å². The van der Waals surface area contributed by atoms with Crippen LogP contribution in [0, 0.1) is 0 Å². The van der Waals surface area contributed by atoms with Crippen molar-refractivity contribution in [2.45, 2.75) is 0 Å². The first-order chi connectivity index (χ1) is 11.7. The normalized spacial score (nSPS) is 11.1. The van der Waals surface area contributed by atoms with Crippen molar-refractivity contribution in [3.8, 4) is 11.3 Å². The maximum atomic E-state index is 11.8. The molecule has 2 aromatic carbocycles. The number of aromatic nitrogens is 1. The highest BCUT2D eigenvalue weighted by Gasteiger charge is 2.06. The Bertz CT molecular complexity index is 846. The van der Waals surface area contributed by atoms with Crippen molar-refractivity contribution in [2.75, 3.05) is 5.32 Å². The molecule has 0 saturated heterocycles. The number of thiazole rings is 1. The Morgan fingerprint density at radius 1 is 1.04 bits per heavy atom. The molecule has 6 nitrogen and oxygen atoms in total. The lowest BCUT2D eigenvalue weighted by atomic mass is 10.2. The van der Waals surface area contributed by atoms with Crippen molar-refractivity contribution in [3.05, 3.63) is 66.0 Å². The van der Waals surface area contributed by atoms with Gasteiger partial charge in [0, 0.05) is 16.6 Å². The second-order valence-corrected chi connectivity index (χ2v) is 5.66. The molecule has 1 heterocycles. The first kappa shape index (κ1) is 15.7. The summed E-state index contributed by atoms with van der Waals surface area (Å²) in [5.74, 6) is -0.0163. The average molecular weight is 337 g/mol. The Labute approximate surface area is 143 Å². The van der Waals surface area contributed by atoms with Crippen molar-refractivity contribution in [1.82, 2.24) is 10.3 Å². The molecule has 0 unspecified atom stereocenters. The zero-order valence-electron chi connectivity index (χ0n) is 12.6. The fourth-order valence-electron chi connectivity index (χ4n) is 1.99. The van der Waals surface area contributed by atoms with Crippen LogP contribution in [0.2, 0.25) is 0 Å². The second-order valence-electron chi connectivity index (χ2n) is 4.82. The smallest absolute Gasteiger partial charge is 0.325 e. The molecule has 0 aliphatic carbocycles. The molecule has 2 amide bonds. The van der Waals surface area contributed by atoms with Gasteiger partial charge in [0.05, 0.1) is 5.69 Å². The van der Waals surface area contributed by atoms with Crippen molar-refractivity contribution in [1.29, 1.82) is 0 Å². The van der Waals surface area contributed by atoms with E-state index in [1.165, 1.54) is 11.3 Å². The fraction of sp³-hybridized carbons (Fsp3) is 0. The number of nitrogens with one attached hydrogen (secondary N) is 2. The minimum Gasteiger partial charge on any atom is -0.369 e. The van der Waals surface area contributed by atoms with Crippen LogP contribution >= 0.6 is 11.3 Å². The Kier molecular flexibility index (Phi) is 4.83. The van der Waals surface area contributed by atoms with Gasteiger partial charge >= 0.3 is 6.03 Å². The summed E-state index contributed by atoms with van der Waals surface area (Å²) in [6.07, 6.45) is 0. The molecule has 1 aromatic heterocycles. The maximum Gasteiger partial charge on any atom is 0.325 e. The number of rotatable bonds is 3. The molecule has 3 aromatic rings. The van der Waals surface area contributed by atoms with E-state index in [1.54, 1.807) is 12.1 Å². The summed E-state index contributed by atoms with van der Waals surface area (Å²) in [4.78, 5) is 20.3. The minimum absolute atomic E-state index is 0.0163. The van der Waals surface area contributed by atoms with Gasteiger partial charge < -0.3 is 11.1 Å². The number of aliphatic imine (C=N–C) groups is 1. The van der Waals surface area contributed by atoms with Gasteiger partial charge in [0.2, 0.25) is 11.1 Å². The summed E-state index contributed by atoms with van der Waals surface area (Å²) in [6.45, 7) is 0. The number of amides is 2. The quantitative estimate of drug-likeness (QED) is 0.504. The van der Waals surface area contributed by atoms with Gasteiger partial charge in [-0.2, -0.15) is 4.99 Å². The maximum absolute atomic E-state index is 11.8. The second kappa shape index (κ2) is 7.38. The molecule has 0 radical (unpaired) electrons. The van der Waals surface area contributed by atoms with Crippen LogP contribution in [0.4, 0.5) is 15.6 Å². The third-order valence-corrected chi connectivity index (χ3v) is 3.79. The van der Waals surface area contributed by atoms with Crippen LogP contribution in [0.5, 0.6) is 0 Å². The average Bonchev–Trinajstić information content (AvgIpc) is 3.04. The molecular formula is C17H15N5OS. The lowest BCUT2D eigenvalue weighted by Gasteiger charge is -2.06. The molecule has 0 bridgehead atoms. The Balaban J connectivity index is 1.64. The molecule has 0 saturated carbocycles. The highest BCUT2D eigenvalue weighted by Crippen LogP contribution is 2.26. The van der Waals surface area contributed by atoms with Gasteiger partial charge in [-0.1, -0.05) is 48.5 Å². The van der Waals surface area contributed by atoms with Gasteiger partial charge in [0.1, 0.15) is 0 Å². The zero-order valence-corrected chi connectivity index (χ0v) is 13.5. The zero-order chi connectivity index (χ0) is 16.8. The number of guanidine groups is 1. The summed E-state index contributed by atoms with van der Waals surface area (Å²) in [7, 11) is 0. The van der Waals surface area contributed by atoms with Crippen molar-refractivity contribution < 1.29 is 4.79 Å². The fourth-order valence-corrected chi connectivity index (χ4v) is 2.70. The number of urea groups is 1. The number of nitrogens with two attached hydrogens (primary N) is 1. The number of benzene rings is 2. The lowest BCUT2D eigenvalue weighted by molar-refractivity contribution is 0.256. The predicted molar refractivity (Wildman–Crippen MR) is 97.4 cm³/mol. The van der Waals surface area contributed by atoms with Gasteiger partial charge in [-0.05, 0) is 12.1 Å². The van der Waals surface area contributed by atoms with E-state index in [0.29, 0.717) is 10.8 Å². The highest BCUT2D eigenvalue weighted by atomic mass is 32.1. The van der Waals surface area contributed by atoms with Crippen LogP contribution in [0.15, 0.2) is 71.0 Å². The first-order valence-electron chi connectivity index (χ1n) is 7.19. The van der Waals surface area contributed by atoms with Crippen molar-refractivity contribution in [3.63, 3.8) is 0 Å². The number of hydrogen-bond donors (Lipinski definition) is 3. The van der Waals surface area contributed by atoms with Crippen LogP contribution in [-0.4, -0.2) is 17.0 Å². The van der Waals surface area contributed by atoms with Crippen LogP contribution < -0.4 is 16.4 Å². The molecule has 0 spiro atoms. The molecular weight excluding hydrogens is 322 g/mol. The van der Waals surface area contributed by atoms with Crippen LogP contribution in [0.25, 0.3) is 11.3 Å². The molecule has 0 aliphatic heterocycles. The molecule has 0 atom stereocenters. The van der Waals surface area contributed by atoms with Crippen LogP contribution in [-0.2, 0) is 0 Å². The van der Waals surface area contributed by atoms with E-state index < -0.39 is 6.03 Å². The molecule has 24 heavy (non-hydrogen) atoms. The molecule has 120 valence electrons. The number of hydrogen-bond acceptors (Lipinski definition) is 4. The molecule has 7 heteroatoms. The number of para-hydroxylation sites is 1. The lowest BCUT2D eigenvalue weighted by Crippen LogP contribution is -2.39. The standard InChI is InChI=1S/C17H15N5OS/c18-15(21-16(23)19-13-9-5-2-6-10-13)22-17-20-14(11-24-17)12-7-3-1-4-8-12/h1-11H,(H4,18,19,20,21,22,23). The number of carbonyl (C=O) groups excluding carboxylic acids is 1. The number of carbonyl (C=O) groups is 1. The molecule has 3 rings (SSSR count). The topological polar surface area (TPSA) is 92.4 Å². The minimum atomic E-state index is -0.456. The Morgan fingerprint density at radius 3 is 2.42 bits per heavy atom. The van der Waals surface area contributed by atoms with Crippen molar-refractivity contribution in [2.24, 2.45) is 10.7 Å². The predicted octanol–water partition coefficient (Wildman–Crippen LogP) is 3.58. The van der Waals surface area contributed by atoms with Gasteiger partial charge in [-0.3, -0.25) is 5.32 Å². The third-order valence-electron chi connectivity index (χ3n) is 3.05. The summed E-state index contributed by atoms with van der Waals surface area (Å²) < 4.78 is 0. The van der Waals surface area contributed by atoms with E-state index in [4.69, 9.17) is 5.73 Å². The van der Waals surface area contributed by atoms with E-state index in [2.05, 4.69) is 20.6 Å². The van der Waals surface area contributed by atoms with E-state index in [-0.39, 0.29) is 5.96 Å². The summed E-state index contributed by atoms with van der Waals surface area (Å²) in [5, 5.41) is 7.50. The molecule has 0 fully saturated rings. The van der Waals surface area contributed by atoms with Crippen molar-refractivity contribution >= 4 is 34.1 Å². The van der Waals surface area contributed by atoms with E-state index in [1.807, 2.05) is 53.9 Å². The van der Waals surface area contributed by atoms with Gasteiger partial charge in [-0.25, -0.2) is 9.78 Å². The summed E-state index contributed by atoms with van der Waals surface area (Å²) >= 11 is 1.35. The summed E-state index contributed by atoms with van der Waals surface area (Å²) in [5.41, 5.74) is 8.25.